The number of hydrogen-bond acceptors (Lipinski definition) is 3. The Labute approximate surface area is 126 Å². The summed E-state index contributed by atoms with van der Waals surface area (Å²) in [6.45, 7) is 1.77. The van der Waals surface area contributed by atoms with Crippen molar-refractivity contribution in [3.63, 3.8) is 0 Å². The predicted molar refractivity (Wildman–Crippen MR) is 80.4 cm³/mol. The molecule has 21 heavy (non-hydrogen) atoms. The Bertz CT molecular complexity index is 694. The Balaban J connectivity index is 2.28. The molecule has 0 bridgehead atoms. The van der Waals surface area contributed by atoms with E-state index < -0.39 is 18.8 Å². The van der Waals surface area contributed by atoms with Crippen LogP contribution in [0.25, 0.3) is 0 Å². The maximum Gasteiger partial charge on any atom is 0.488 e. The van der Waals surface area contributed by atoms with Crippen molar-refractivity contribution < 1.29 is 19.2 Å². The number of hydrogen-bond donors (Lipinski definition) is 3. The van der Waals surface area contributed by atoms with Gasteiger partial charge in [-0.1, -0.05) is 11.6 Å². The Hall–Kier alpha value is -1.89. The van der Waals surface area contributed by atoms with Gasteiger partial charge in [0.15, 0.2) is 0 Å². The standard InChI is InChI=1S/C14H12BClFNO3/c1-8-4-11(16)2-3-13(8)18-14(19)9-5-10(15(20)21)7-12(17)6-9/h2-7,20-21H,1H3,(H,18,19). The van der Waals surface area contributed by atoms with Gasteiger partial charge in [-0.25, -0.2) is 4.39 Å². The number of carbonyl (C=O) groups is 1. The van der Waals surface area contributed by atoms with E-state index >= 15 is 0 Å². The van der Waals surface area contributed by atoms with Crippen LogP contribution in [0.4, 0.5) is 10.1 Å². The number of benzene rings is 2. The highest BCUT2D eigenvalue weighted by atomic mass is 35.5. The van der Waals surface area contributed by atoms with Crippen LogP contribution in [0.1, 0.15) is 15.9 Å². The summed E-state index contributed by atoms with van der Waals surface area (Å²) in [6.07, 6.45) is 0. The van der Waals surface area contributed by atoms with Crippen LogP contribution >= 0.6 is 11.6 Å². The van der Waals surface area contributed by atoms with E-state index in [0.717, 1.165) is 17.7 Å². The first-order valence-corrected chi connectivity index (χ1v) is 6.49. The first kappa shape index (κ1) is 15.5. The summed E-state index contributed by atoms with van der Waals surface area (Å²) in [6, 6.07) is 8.14. The van der Waals surface area contributed by atoms with Crippen LogP contribution in [0, 0.1) is 12.7 Å². The minimum absolute atomic E-state index is 0.00699. The monoisotopic (exact) mass is 307 g/mol. The van der Waals surface area contributed by atoms with E-state index in [4.69, 9.17) is 21.6 Å². The fraction of sp³-hybridized carbons (Fsp3) is 0.0714. The lowest BCUT2D eigenvalue weighted by molar-refractivity contribution is 0.102. The van der Waals surface area contributed by atoms with Gasteiger partial charge in [-0.15, -0.1) is 0 Å². The van der Waals surface area contributed by atoms with Crippen LogP contribution in [-0.2, 0) is 0 Å². The van der Waals surface area contributed by atoms with Gasteiger partial charge in [0.05, 0.1) is 0 Å². The van der Waals surface area contributed by atoms with Crippen molar-refractivity contribution in [2.45, 2.75) is 6.92 Å². The molecule has 0 aromatic heterocycles. The number of anilines is 1. The second-order valence-electron chi connectivity index (χ2n) is 4.56. The van der Waals surface area contributed by atoms with Crippen LogP contribution in [0.15, 0.2) is 36.4 Å². The van der Waals surface area contributed by atoms with Crippen LogP contribution in [0.5, 0.6) is 0 Å². The zero-order valence-corrected chi connectivity index (χ0v) is 11.9. The van der Waals surface area contributed by atoms with E-state index in [9.17, 15) is 9.18 Å². The smallest absolute Gasteiger partial charge is 0.423 e. The molecular formula is C14H12BClFNO3. The summed E-state index contributed by atoms with van der Waals surface area (Å²) >= 11 is 5.83. The van der Waals surface area contributed by atoms with Crippen molar-refractivity contribution in [3.05, 3.63) is 58.4 Å². The fourth-order valence-corrected chi connectivity index (χ4v) is 2.08. The van der Waals surface area contributed by atoms with Crippen molar-refractivity contribution >= 4 is 35.8 Å². The lowest BCUT2D eigenvalue weighted by Crippen LogP contribution is -2.31. The molecule has 0 radical (unpaired) electrons. The largest absolute Gasteiger partial charge is 0.488 e. The first-order chi connectivity index (χ1) is 9.86. The molecule has 0 saturated carbocycles. The van der Waals surface area contributed by atoms with Crippen LogP contribution in [0.3, 0.4) is 0 Å². The normalized spacial score (nSPS) is 10.3. The lowest BCUT2D eigenvalue weighted by Gasteiger charge is -2.10. The Morgan fingerprint density at radius 1 is 1.24 bits per heavy atom. The van der Waals surface area contributed by atoms with Crippen LogP contribution in [-0.4, -0.2) is 23.1 Å². The second kappa shape index (κ2) is 6.26. The Kier molecular flexibility index (Phi) is 4.62. The molecule has 2 rings (SSSR count). The average molecular weight is 308 g/mol. The van der Waals surface area contributed by atoms with Gasteiger partial charge >= 0.3 is 7.12 Å². The van der Waals surface area contributed by atoms with Gasteiger partial charge in [-0.2, -0.15) is 0 Å². The molecule has 4 nitrogen and oxygen atoms in total. The van der Waals surface area contributed by atoms with Crippen LogP contribution < -0.4 is 10.8 Å². The molecule has 0 unspecified atom stereocenters. The molecule has 0 atom stereocenters. The summed E-state index contributed by atoms with van der Waals surface area (Å²) in [5, 5.41) is 21.3. The zero-order valence-electron chi connectivity index (χ0n) is 11.1. The molecule has 2 aromatic carbocycles. The molecule has 1 amide bonds. The van der Waals surface area contributed by atoms with E-state index in [1.54, 1.807) is 25.1 Å². The van der Waals surface area contributed by atoms with Crippen molar-refractivity contribution in [2.75, 3.05) is 5.32 Å². The molecule has 0 aliphatic carbocycles. The molecule has 0 saturated heterocycles. The zero-order chi connectivity index (χ0) is 15.6. The Morgan fingerprint density at radius 2 is 1.95 bits per heavy atom. The SMILES string of the molecule is Cc1cc(Cl)ccc1NC(=O)c1cc(F)cc(B(O)O)c1. The van der Waals surface area contributed by atoms with Gasteiger partial charge in [0.1, 0.15) is 5.82 Å². The minimum atomic E-state index is -1.84. The minimum Gasteiger partial charge on any atom is -0.423 e. The molecule has 2 aromatic rings. The summed E-state index contributed by atoms with van der Waals surface area (Å²) in [4.78, 5) is 12.1. The number of halogens is 2. The fourth-order valence-electron chi connectivity index (χ4n) is 1.85. The van der Waals surface area contributed by atoms with Gasteiger partial charge in [0.2, 0.25) is 0 Å². The highest BCUT2D eigenvalue weighted by Gasteiger charge is 2.16. The summed E-state index contributed by atoms with van der Waals surface area (Å²) in [5.41, 5.74) is 1.20. The van der Waals surface area contributed by atoms with Gasteiger partial charge in [0, 0.05) is 16.3 Å². The number of rotatable bonds is 3. The Morgan fingerprint density at radius 3 is 2.57 bits per heavy atom. The maximum atomic E-state index is 13.4. The van der Waals surface area contributed by atoms with Crippen LogP contribution in [0.2, 0.25) is 5.02 Å². The van der Waals surface area contributed by atoms with E-state index in [1.807, 2.05) is 0 Å². The first-order valence-electron chi connectivity index (χ1n) is 6.11. The van der Waals surface area contributed by atoms with Crippen molar-refractivity contribution in [2.24, 2.45) is 0 Å². The molecule has 0 heterocycles. The van der Waals surface area contributed by atoms with E-state index in [-0.39, 0.29) is 11.0 Å². The molecule has 0 spiro atoms. The molecule has 0 fully saturated rings. The van der Waals surface area contributed by atoms with E-state index in [0.29, 0.717) is 10.7 Å². The predicted octanol–water partition coefficient (Wildman–Crippen LogP) is 1.72. The number of nitrogens with one attached hydrogen (secondary N) is 1. The summed E-state index contributed by atoms with van der Waals surface area (Å²) < 4.78 is 13.4. The average Bonchev–Trinajstić information content (AvgIpc) is 2.41. The molecule has 0 aliphatic heterocycles. The highest BCUT2D eigenvalue weighted by Crippen LogP contribution is 2.20. The maximum absolute atomic E-state index is 13.4. The number of aryl methyl sites for hydroxylation is 1. The number of amides is 1. The van der Waals surface area contributed by atoms with E-state index in [1.165, 1.54) is 6.07 Å². The topological polar surface area (TPSA) is 69.6 Å². The summed E-state index contributed by atoms with van der Waals surface area (Å²) in [5.74, 6) is -1.28. The van der Waals surface area contributed by atoms with Crippen molar-refractivity contribution in [1.29, 1.82) is 0 Å². The highest BCUT2D eigenvalue weighted by molar-refractivity contribution is 6.58. The van der Waals surface area contributed by atoms with Gasteiger partial charge in [-0.05, 0) is 54.3 Å². The molecular weight excluding hydrogens is 295 g/mol. The molecule has 108 valence electrons. The molecule has 3 N–H and O–H groups in total. The summed E-state index contributed by atoms with van der Waals surface area (Å²) in [7, 11) is -1.84. The molecule has 7 heteroatoms. The third-order valence-corrected chi connectivity index (χ3v) is 3.15. The third kappa shape index (κ3) is 3.82. The van der Waals surface area contributed by atoms with Gasteiger partial charge in [0.25, 0.3) is 5.91 Å². The molecule has 0 aliphatic rings. The van der Waals surface area contributed by atoms with E-state index in [2.05, 4.69) is 5.32 Å². The van der Waals surface area contributed by atoms with Gasteiger partial charge in [-0.3, -0.25) is 4.79 Å². The lowest BCUT2D eigenvalue weighted by atomic mass is 9.79. The number of carbonyl (C=O) groups excluding carboxylic acids is 1. The van der Waals surface area contributed by atoms with Crippen molar-refractivity contribution in [3.8, 4) is 0 Å². The third-order valence-electron chi connectivity index (χ3n) is 2.92. The quantitative estimate of drug-likeness (QED) is 0.756. The van der Waals surface area contributed by atoms with Crippen molar-refractivity contribution in [1.82, 2.24) is 0 Å². The second-order valence-corrected chi connectivity index (χ2v) is 5.00. The van der Waals surface area contributed by atoms with Gasteiger partial charge < -0.3 is 15.4 Å².